The Labute approximate surface area is 58.5 Å². The summed E-state index contributed by atoms with van der Waals surface area (Å²) in [6.07, 6.45) is 0. The normalized spacial score (nSPS) is 4.17. The van der Waals surface area contributed by atoms with Crippen molar-refractivity contribution in [2.75, 3.05) is 0 Å². The summed E-state index contributed by atoms with van der Waals surface area (Å²) in [5, 5.41) is 0. The van der Waals surface area contributed by atoms with E-state index in [1.807, 2.05) is 0 Å². The van der Waals surface area contributed by atoms with Crippen molar-refractivity contribution < 1.29 is 39.8 Å². The van der Waals surface area contributed by atoms with Crippen LogP contribution < -0.4 is 35.3 Å². The number of nitrogens with two attached hydrogens (primary N) is 1. The van der Waals surface area contributed by atoms with E-state index >= 15 is 0 Å². The minimum atomic E-state index is -0.333. The third-order valence-electron chi connectivity index (χ3n) is 0. The number of carbonyl (C=O) groups is 1. The number of hydrogen-bond acceptors (Lipinski definition) is 2. The first-order valence-electron chi connectivity index (χ1n) is 0.993. The molecule has 0 heterocycles. The van der Waals surface area contributed by atoms with Crippen molar-refractivity contribution in [1.82, 2.24) is 0 Å². The van der Waals surface area contributed by atoms with Crippen LogP contribution >= 0.6 is 0 Å². The third-order valence-corrected chi connectivity index (χ3v) is 0. The summed E-state index contributed by atoms with van der Waals surface area (Å²) in [5.74, 6) is -0.333. The van der Waals surface area contributed by atoms with E-state index in [1.165, 1.54) is 6.92 Å². The number of primary amides is 1. The second-order valence-corrected chi connectivity index (χ2v) is 0.611. The first-order chi connectivity index (χ1) is 1.73. The molecule has 0 atom stereocenters. The molecule has 3 nitrogen and oxygen atoms in total. The second kappa shape index (κ2) is 9.06. The van der Waals surface area contributed by atoms with Crippen molar-refractivity contribution in [2.45, 2.75) is 6.92 Å². The van der Waals surface area contributed by atoms with Crippen molar-refractivity contribution in [2.24, 2.45) is 5.73 Å². The molecule has 0 aliphatic rings. The van der Waals surface area contributed by atoms with E-state index in [0.717, 1.165) is 0 Å². The van der Waals surface area contributed by atoms with E-state index in [-0.39, 0.29) is 40.9 Å². The van der Waals surface area contributed by atoms with Gasteiger partial charge >= 0.3 is 29.6 Å². The van der Waals surface area contributed by atoms with Crippen LogP contribution in [-0.2, 0) is 4.79 Å². The molecular formula is C2H6NNaO2. The van der Waals surface area contributed by atoms with E-state index in [4.69, 9.17) is 0 Å². The fourth-order valence-electron chi connectivity index (χ4n) is 0. The molecule has 4 heteroatoms. The summed E-state index contributed by atoms with van der Waals surface area (Å²) < 4.78 is 0. The van der Waals surface area contributed by atoms with Crippen LogP contribution in [0.15, 0.2) is 0 Å². The first kappa shape index (κ1) is 16.1. The van der Waals surface area contributed by atoms with Gasteiger partial charge in [-0.25, -0.2) is 0 Å². The number of hydrogen-bond donors (Lipinski definition) is 1. The fraction of sp³-hybridized carbons (Fsp3) is 0.500. The van der Waals surface area contributed by atoms with Crippen molar-refractivity contribution in [3.05, 3.63) is 0 Å². The van der Waals surface area contributed by atoms with Gasteiger partial charge in [0, 0.05) is 6.92 Å². The third kappa shape index (κ3) is 282. The predicted octanol–water partition coefficient (Wildman–Crippen LogP) is -3.68. The molecule has 0 aliphatic carbocycles. The largest absolute Gasteiger partial charge is 1.00 e. The fourth-order valence-corrected chi connectivity index (χ4v) is 0. The summed E-state index contributed by atoms with van der Waals surface area (Å²) in [7, 11) is 0. The summed E-state index contributed by atoms with van der Waals surface area (Å²) in [6, 6.07) is 0. The number of amides is 1. The molecule has 32 valence electrons. The molecule has 0 aliphatic heterocycles. The van der Waals surface area contributed by atoms with Gasteiger partial charge in [-0.1, -0.05) is 0 Å². The maximum atomic E-state index is 9.22. The van der Waals surface area contributed by atoms with E-state index in [9.17, 15) is 4.79 Å². The molecule has 0 radical (unpaired) electrons. The van der Waals surface area contributed by atoms with Gasteiger partial charge in [0.05, 0.1) is 0 Å². The Hall–Kier alpha value is 0.430. The molecule has 0 unspecified atom stereocenters. The van der Waals surface area contributed by atoms with Gasteiger partial charge in [-0.3, -0.25) is 4.79 Å². The Morgan fingerprint density at radius 2 is 1.67 bits per heavy atom. The molecule has 0 saturated carbocycles. The van der Waals surface area contributed by atoms with Crippen LogP contribution in [0.5, 0.6) is 0 Å². The Morgan fingerprint density at radius 3 is 1.67 bits per heavy atom. The van der Waals surface area contributed by atoms with Crippen LogP contribution in [0.25, 0.3) is 0 Å². The minimum absolute atomic E-state index is 0. The van der Waals surface area contributed by atoms with Gasteiger partial charge in [-0.2, -0.15) is 0 Å². The van der Waals surface area contributed by atoms with Crippen LogP contribution in [0.3, 0.4) is 0 Å². The van der Waals surface area contributed by atoms with Gasteiger partial charge in [0.15, 0.2) is 0 Å². The van der Waals surface area contributed by atoms with Gasteiger partial charge < -0.3 is 11.2 Å². The Kier molecular flexibility index (Phi) is 24.3. The van der Waals surface area contributed by atoms with Crippen LogP contribution in [-0.4, -0.2) is 11.4 Å². The molecule has 0 aromatic carbocycles. The van der Waals surface area contributed by atoms with Gasteiger partial charge in [0.1, 0.15) is 0 Å². The van der Waals surface area contributed by atoms with Crippen molar-refractivity contribution in [3.8, 4) is 0 Å². The van der Waals surface area contributed by atoms with E-state index in [1.54, 1.807) is 0 Å². The van der Waals surface area contributed by atoms with Crippen molar-refractivity contribution in [3.63, 3.8) is 0 Å². The summed E-state index contributed by atoms with van der Waals surface area (Å²) >= 11 is 0. The topological polar surface area (TPSA) is 73.1 Å². The zero-order valence-corrected chi connectivity index (χ0v) is 5.93. The Morgan fingerprint density at radius 1 is 1.67 bits per heavy atom. The second-order valence-electron chi connectivity index (χ2n) is 0.611. The van der Waals surface area contributed by atoms with Gasteiger partial charge in [0.25, 0.3) is 0 Å². The van der Waals surface area contributed by atoms with Crippen LogP contribution in [0.4, 0.5) is 0 Å². The molecule has 0 rings (SSSR count). The molecule has 6 heavy (non-hydrogen) atoms. The molecule has 0 spiro atoms. The summed E-state index contributed by atoms with van der Waals surface area (Å²) in [4.78, 5) is 9.22. The van der Waals surface area contributed by atoms with E-state index in [2.05, 4.69) is 5.73 Å². The first-order valence-corrected chi connectivity index (χ1v) is 0.993. The Bertz CT molecular complexity index is 34.5. The standard InChI is InChI=1S/C2H5NO.Na.H2O/c1-2(3)4;;/h1H3,(H2,3,4);;1H2/q;+1;/p-1. The molecule has 0 aromatic rings. The van der Waals surface area contributed by atoms with Crippen LogP contribution in [0, 0.1) is 0 Å². The van der Waals surface area contributed by atoms with Crippen molar-refractivity contribution >= 4 is 5.91 Å². The SMILES string of the molecule is CC(N)=O.[Na+].[OH-]. The van der Waals surface area contributed by atoms with Crippen molar-refractivity contribution in [1.29, 1.82) is 0 Å². The van der Waals surface area contributed by atoms with E-state index < -0.39 is 0 Å². The van der Waals surface area contributed by atoms with Crippen LogP contribution in [0.1, 0.15) is 6.92 Å². The average molecular weight is 99.1 g/mol. The molecule has 0 fully saturated rings. The van der Waals surface area contributed by atoms with Gasteiger partial charge in [-0.15, -0.1) is 0 Å². The summed E-state index contributed by atoms with van der Waals surface area (Å²) in [6.45, 7) is 1.31. The zero-order valence-electron chi connectivity index (χ0n) is 3.93. The smallest absolute Gasteiger partial charge is 0.870 e. The molecular weight excluding hydrogens is 93.0 g/mol. The number of rotatable bonds is 0. The molecule has 3 N–H and O–H groups in total. The quantitative estimate of drug-likeness (QED) is 0.318. The summed E-state index contributed by atoms with van der Waals surface area (Å²) in [5.41, 5.74) is 4.47. The Balaban J connectivity index is -0.0000000450. The molecule has 1 amide bonds. The monoisotopic (exact) mass is 99.0 g/mol. The zero-order chi connectivity index (χ0) is 3.58. The maximum Gasteiger partial charge on any atom is 1.00 e. The van der Waals surface area contributed by atoms with Gasteiger partial charge in [-0.05, 0) is 0 Å². The molecule has 0 saturated heterocycles. The predicted molar refractivity (Wildman–Crippen MR) is 16.8 cm³/mol. The van der Waals surface area contributed by atoms with Gasteiger partial charge in [0.2, 0.25) is 5.91 Å². The number of carbonyl (C=O) groups excluding carboxylic acids is 1. The van der Waals surface area contributed by atoms with Crippen LogP contribution in [0.2, 0.25) is 0 Å². The van der Waals surface area contributed by atoms with E-state index in [0.29, 0.717) is 0 Å². The minimum Gasteiger partial charge on any atom is -0.870 e. The maximum absolute atomic E-state index is 9.22. The average Bonchev–Trinajstić information content (AvgIpc) is 0.811. The molecule has 0 aromatic heterocycles. The molecule has 0 bridgehead atoms.